The minimum absolute atomic E-state index is 0.571. The third-order valence-electron chi connectivity index (χ3n) is 6.22. The molecule has 2 aliphatic heterocycles. The molecule has 0 spiro atoms. The predicted molar refractivity (Wildman–Crippen MR) is 132 cm³/mol. The molecule has 2 heterocycles. The van der Waals surface area contributed by atoms with Crippen molar-refractivity contribution in [3.05, 3.63) is 64.3 Å². The summed E-state index contributed by atoms with van der Waals surface area (Å²) in [5.74, 6) is 2.18. The molecular weight excluding hydrogens is 396 g/mol. The number of para-hydroxylation sites is 1. The number of benzene rings is 2. The first-order valence-corrected chi connectivity index (χ1v) is 11.9. The summed E-state index contributed by atoms with van der Waals surface area (Å²) in [6.45, 7) is 7.80. The Morgan fingerprint density at radius 1 is 1.06 bits per heavy atom. The Balaban J connectivity index is 1.63. The maximum atomic E-state index is 5.97. The average Bonchev–Trinajstić information content (AvgIpc) is 2.80. The van der Waals surface area contributed by atoms with Crippen LogP contribution in [0.2, 0.25) is 0 Å². The molecule has 0 radical (unpaired) electrons. The van der Waals surface area contributed by atoms with Crippen LogP contribution in [0.3, 0.4) is 0 Å². The van der Waals surface area contributed by atoms with Gasteiger partial charge in [0, 0.05) is 11.4 Å². The van der Waals surface area contributed by atoms with Gasteiger partial charge in [0.2, 0.25) is 0 Å². The number of allylic oxidation sites excluding steroid dienone is 2. The fourth-order valence-electron chi connectivity index (χ4n) is 4.13. The normalized spacial score (nSPS) is 16.6. The zero-order valence-electron chi connectivity index (χ0n) is 19.6. The average molecular weight is 431 g/mol. The fourth-order valence-corrected chi connectivity index (χ4v) is 4.13. The third kappa shape index (κ3) is 5.48. The van der Waals surface area contributed by atoms with E-state index in [1.54, 1.807) is 0 Å². The van der Waals surface area contributed by atoms with Crippen molar-refractivity contribution in [2.24, 2.45) is 15.9 Å². The van der Waals surface area contributed by atoms with E-state index in [0.717, 1.165) is 72.3 Å². The molecule has 168 valence electrons. The van der Waals surface area contributed by atoms with Crippen LogP contribution in [-0.4, -0.2) is 18.9 Å². The Labute approximate surface area is 191 Å². The van der Waals surface area contributed by atoms with Crippen molar-refractivity contribution in [2.75, 3.05) is 13.2 Å². The van der Waals surface area contributed by atoms with Gasteiger partial charge in [-0.2, -0.15) is 0 Å². The van der Waals surface area contributed by atoms with Crippen LogP contribution in [0.1, 0.15) is 57.9 Å². The van der Waals surface area contributed by atoms with Crippen LogP contribution in [0.4, 0.5) is 5.69 Å². The van der Waals surface area contributed by atoms with Crippen molar-refractivity contribution in [3.63, 3.8) is 0 Å². The number of nitrogens with zero attached hydrogens (tertiary/aromatic N) is 2. The van der Waals surface area contributed by atoms with Crippen LogP contribution in [0.15, 0.2) is 58.2 Å². The summed E-state index contributed by atoms with van der Waals surface area (Å²) in [5, 5.41) is 2.30. The smallest absolute Gasteiger partial charge is 0.187 e. The molecule has 2 aromatic carbocycles. The Morgan fingerprint density at radius 2 is 1.88 bits per heavy atom. The Morgan fingerprint density at radius 3 is 2.75 bits per heavy atom. The summed E-state index contributed by atoms with van der Waals surface area (Å²) in [7, 11) is 0. The van der Waals surface area contributed by atoms with E-state index in [1.807, 2.05) is 6.07 Å². The van der Waals surface area contributed by atoms with E-state index in [9.17, 15) is 0 Å². The molecule has 4 rings (SSSR count). The van der Waals surface area contributed by atoms with E-state index in [0.29, 0.717) is 19.1 Å². The standard InChI is InChI=1S/C28H34N2O2/c1-4-20(2)19-24(30-27-21(3)13-16-26-28(27)32-18-17-31-26)15-14-23-11-7-5-9-22-10-6-8-12-25(22)29-23/h6,8-13,16,20H,4-5,7,14-15,17-19H2,1-3H3. The molecule has 1 unspecified atom stereocenters. The summed E-state index contributed by atoms with van der Waals surface area (Å²) in [6, 6.07) is 12.5. The molecule has 0 amide bonds. The van der Waals surface area contributed by atoms with Crippen LogP contribution in [0.25, 0.3) is 6.08 Å². The summed E-state index contributed by atoms with van der Waals surface area (Å²) in [5.41, 5.74) is 4.41. The molecule has 0 saturated carbocycles. The molecule has 32 heavy (non-hydrogen) atoms. The molecule has 2 aromatic rings. The highest BCUT2D eigenvalue weighted by atomic mass is 16.6. The summed E-state index contributed by atoms with van der Waals surface area (Å²) in [4.78, 5) is 10.2. The molecule has 4 nitrogen and oxygen atoms in total. The number of hydrogen-bond donors (Lipinski definition) is 0. The van der Waals surface area contributed by atoms with E-state index in [2.05, 4.69) is 63.3 Å². The highest BCUT2D eigenvalue weighted by Crippen LogP contribution is 2.42. The maximum Gasteiger partial charge on any atom is 0.187 e. The Kier molecular flexibility index (Phi) is 7.41. The summed E-state index contributed by atoms with van der Waals surface area (Å²) < 4.78 is 11.8. The molecular formula is C28H34N2O2. The summed E-state index contributed by atoms with van der Waals surface area (Å²) in [6.07, 6.45) is 10.6. The number of rotatable bonds is 7. The quantitative estimate of drug-likeness (QED) is 0.519. The van der Waals surface area contributed by atoms with Gasteiger partial charge in [0.05, 0.1) is 5.36 Å². The zero-order chi connectivity index (χ0) is 22.3. The lowest BCUT2D eigenvalue weighted by Crippen LogP contribution is -2.24. The van der Waals surface area contributed by atoms with Gasteiger partial charge in [-0.25, -0.2) is 0 Å². The van der Waals surface area contributed by atoms with Crippen molar-refractivity contribution in [1.82, 2.24) is 0 Å². The van der Waals surface area contributed by atoms with Crippen LogP contribution >= 0.6 is 0 Å². The van der Waals surface area contributed by atoms with E-state index in [-0.39, 0.29) is 0 Å². The van der Waals surface area contributed by atoms with Gasteiger partial charge in [0.15, 0.2) is 11.5 Å². The number of ether oxygens (including phenoxy) is 2. The molecule has 0 aromatic heterocycles. The lowest BCUT2D eigenvalue weighted by Gasteiger charge is -2.21. The van der Waals surface area contributed by atoms with Gasteiger partial charge < -0.3 is 9.47 Å². The fraction of sp³-hybridized carbons (Fsp3) is 0.429. The largest absolute Gasteiger partial charge is 0.486 e. The van der Waals surface area contributed by atoms with Gasteiger partial charge in [-0.3, -0.25) is 9.98 Å². The van der Waals surface area contributed by atoms with Crippen molar-refractivity contribution in [3.8, 4) is 11.5 Å². The highest BCUT2D eigenvalue weighted by Gasteiger charge is 2.19. The second-order valence-electron chi connectivity index (χ2n) is 8.80. The van der Waals surface area contributed by atoms with Crippen LogP contribution in [-0.2, 0) is 0 Å². The van der Waals surface area contributed by atoms with Crippen molar-refractivity contribution in [2.45, 2.75) is 59.3 Å². The topological polar surface area (TPSA) is 43.2 Å². The van der Waals surface area contributed by atoms with Gasteiger partial charge in [-0.1, -0.05) is 56.7 Å². The first-order chi connectivity index (χ1) is 15.6. The maximum absolute atomic E-state index is 5.97. The molecule has 0 aliphatic carbocycles. The molecule has 4 heteroatoms. The van der Waals surface area contributed by atoms with Gasteiger partial charge in [-0.05, 0) is 67.9 Å². The molecule has 1 atom stereocenters. The molecule has 0 N–H and O–H groups in total. The summed E-state index contributed by atoms with van der Waals surface area (Å²) >= 11 is 0. The minimum Gasteiger partial charge on any atom is -0.486 e. The number of aryl methyl sites for hydroxylation is 1. The Hall–Kier alpha value is -2.88. The molecule has 0 saturated heterocycles. The van der Waals surface area contributed by atoms with E-state index in [4.69, 9.17) is 19.5 Å². The second-order valence-corrected chi connectivity index (χ2v) is 8.80. The van der Waals surface area contributed by atoms with Crippen LogP contribution in [0, 0.1) is 12.8 Å². The van der Waals surface area contributed by atoms with Gasteiger partial charge in [-0.15, -0.1) is 0 Å². The van der Waals surface area contributed by atoms with E-state index < -0.39 is 0 Å². The van der Waals surface area contributed by atoms with Gasteiger partial charge in [0.1, 0.15) is 18.9 Å². The Bertz CT molecular complexity index is 1130. The number of fused-ring (bicyclic) bond motifs is 2. The minimum atomic E-state index is 0.571. The van der Waals surface area contributed by atoms with Gasteiger partial charge >= 0.3 is 0 Å². The predicted octanol–water partition coefficient (Wildman–Crippen LogP) is 5.83. The lowest BCUT2D eigenvalue weighted by atomic mass is 9.97. The molecule has 2 aliphatic rings. The van der Waals surface area contributed by atoms with E-state index in [1.165, 1.54) is 10.9 Å². The number of hydrogen-bond acceptors (Lipinski definition) is 4. The second kappa shape index (κ2) is 10.6. The monoisotopic (exact) mass is 430 g/mol. The van der Waals surface area contributed by atoms with Crippen LogP contribution in [0.5, 0.6) is 11.5 Å². The third-order valence-corrected chi connectivity index (χ3v) is 6.22. The molecule has 0 bridgehead atoms. The first kappa shape index (κ1) is 22.3. The number of aliphatic imine (C=N–C) groups is 1. The van der Waals surface area contributed by atoms with Crippen LogP contribution < -0.4 is 20.0 Å². The van der Waals surface area contributed by atoms with Crippen molar-refractivity contribution < 1.29 is 9.47 Å². The van der Waals surface area contributed by atoms with Gasteiger partial charge in [0.25, 0.3) is 0 Å². The van der Waals surface area contributed by atoms with E-state index >= 15 is 0 Å². The first-order valence-electron chi connectivity index (χ1n) is 11.9. The highest BCUT2D eigenvalue weighted by molar-refractivity contribution is 5.89. The lowest BCUT2D eigenvalue weighted by molar-refractivity contribution is 0.172. The zero-order valence-corrected chi connectivity index (χ0v) is 19.6. The van der Waals surface area contributed by atoms with Crippen molar-refractivity contribution in [1.29, 1.82) is 0 Å². The molecule has 0 fully saturated rings. The van der Waals surface area contributed by atoms with Crippen molar-refractivity contribution >= 4 is 17.5 Å². The SMILES string of the molecule is CCC(C)CC(CCC1=CCCC=c2ccccc2=N1)=Nc1c(C)ccc2c1OCCO2.